The lowest BCUT2D eigenvalue weighted by Crippen LogP contribution is -2.60. The molecule has 1 aliphatic heterocycles. The van der Waals surface area contributed by atoms with Gasteiger partial charge in [0.05, 0.1) is 17.8 Å². The van der Waals surface area contributed by atoms with Gasteiger partial charge < -0.3 is 14.9 Å². The summed E-state index contributed by atoms with van der Waals surface area (Å²) >= 11 is 0. The minimum absolute atomic E-state index is 0.0133. The molecule has 0 aromatic carbocycles. The standard InChI is InChI=1S/C16H20O4/c1-15-5-3-11-7-10(9-17)8-12(18)14(11)16(15,2)13(19)4-6-20-15/h3-7,10,12,14,17-18H,8-9H2,1-2H3. The molecule has 4 nitrogen and oxygen atoms in total. The number of fused-ring (bicyclic) bond motifs is 3. The summed E-state index contributed by atoms with van der Waals surface area (Å²) in [6.45, 7) is 3.76. The molecule has 0 radical (unpaired) electrons. The zero-order valence-corrected chi connectivity index (χ0v) is 11.7. The quantitative estimate of drug-likeness (QED) is 0.758. The highest BCUT2D eigenvalue weighted by molar-refractivity contribution is 5.97. The molecule has 1 heterocycles. The van der Waals surface area contributed by atoms with E-state index < -0.39 is 17.1 Å². The number of ether oxygens (including phenoxy) is 1. The molecule has 0 aromatic heterocycles. The van der Waals surface area contributed by atoms with Crippen molar-refractivity contribution in [2.45, 2.75) is 32.0 Å². The summed E-state index contributed by atoms with van der Waals surface area (Å²) in [4.78, 5) is 12.5. The Balaban J connectivity index is 2.15. The Kier molecular flexibility index (Phi) is 2.92. The zero-order valence-electron chi connectivity index (χ0n) is 11.7. The summed E-state index contributed by atoms with van der Waals surface area (Å²) in [7, 11) is 0. The van der Waals surface area contributed by atoms with Gasteiger partial charge >= 0.3 is 0 Å². The number of aliphatic hydroxyl groups excluding tert-OH is 2. The average molecular weight is 276 g/mol. The van der Waals surface area contributed by atoms with Crippen LogP contribution in [-0.2, 0) is 9.53 Å². The Labute approximate surface area is 118 Å². The SMILES string of the molecule is CC12C=CC3=CC(CO)CC(O)C3C1(C)C(=O)C=CO2. The van der Waals surface area contributed by atoms with E-state index in [1.54, 1.807) is 0 Å². The van der Waals surface area contributed by atoms with Gasteiger partial charge in [0.15, 0.2) is 5.78 Å². The van der Waals surface area contributed by atoms with Crippen LogP contribution in [0.1, 0.15) is 20.3 Å². The highest BCUT2D eigenvalue weighted by Crippen LogP contribution is 2.54. The molecule has 5 atom stereocenters. The van der Waals surface area contributed by atoms with Crippen molar-refractivity contribution < 1.29 is 19.7 Å². The molecule has 0 bridgehead atoms. The molecular weight excluding hydrogens is 256 g/mol. The van der Waals surface area contributed by atoms with Crippen LogP contribution in [0.3, 0.4) is 0 Å². The number of allylic oxidation sites excluding steroid dienone is 2. The fraction of sp³-hybridized carbons (Fsp3) is 0.562. The van der Waals surface area contributed by atoms with Crippen LogP contribution in [0.25, 0.3) is 0 Å². The van der Waals surface area contributed by atoms with E-state index in [9.17, 15) is 15.0 Å². The van der Waals surface area contributed by atoms with Gasteiger partial charge in [-0.05, 0) is 31.9 Å². The van der Waals surface area contributed by atoms with E-state index in [2.05, 4.69) is 0 Å². The van der Waals surface area contributed by atoms with Crippen LogP contribution in [0.15, 0.2) is 36.1 Å². The molecule has 2 N–H and O–H groups in total. The van der Waals surface area contributed by atoms with E-state index in [4.69, 9.17) is 4.74 Å². The van der Waals surface area contributed by atoms with Gasteiger partial charge in [-0.2, -0.15) is 0 Å². The Morgan fingerprint density at radius 3 is 2.85 bits per heavy atom. The van der Waals surface area contributed by atoms with E-state index in [-0.39, 0.29) is 24.2 Å². The highest BCUT2D eigenvalue weighted by Gasteiger charge is 2.60. The molecule has 20 heavy (non-hydrogen) atoms. The molecule has 0 aromatic rings. The molecule has 2 aliphatic carbocycles. The van der Waals surface area contributed by atoms with Crippen molar-refractivity contribution >= 4 is 5.78 Å². The molecule has 0 saturated carbocycles. The second kappa shape index (κ2) is 4.30. The lowest BCUT2D eigenvalue weighted by molar-refractivity contribution is -0.152. The van der Waals surface area contributed by atoms with Crippen LogP contribution in [-0.4, -0.2) is 34.3 Å². The molecule has 3 aliphatic rings. The second-order valence-corrected chi connectivity index (χ2v) is 6.32. The van der Waals surface area contributed by atoms with Crippen LogP contribution >= 0.6 is 0 Å². The lowest BCUT2D eigenvalue weighted by Gasteiger charge is -2.54. The first-order chi connectivity index (χ1) is 9.42. The molecule has 0 fully saturated rings. The van der Waals surface area contributed by atoms with E-state index >= 15 is 0 Å². The minimum atomic E-state index is -0.817. The minimum Gasteiger partial charge on any atom is -0.490 e. The van der Waals surface area contributed by atoms with Crippen LogP contribution in [0.5, 0.6) is 0 Å². The zero-order chi connectivity index (χ0) is 14.5. The van der Waals surface area contributed by atoms with Crippen molar-refractivity contribution in [3.63, 3.8) is 0 Å². The molecule has 108 valence electrons. The number of aliphatic hydroxyl groups is 2. The summed E-state index contributed by atoms with van der Waals surface area (Å²) in [6.07, 6.45) is 8.50. The third-order valence-corrected chi connectivity index (χ3v) is 5.24. The molecule has 5 unspecified atom stereocenters. The van der Waals surface area contributed by atoms with Crippen molar-refractivity contribution in [1.82, 2.24) is 0 Å². The fourth-order valence-corrected chi connectivity index (χ4v) is 3.82. The number of carbonyl (C=O) groups is 1. The van der Waals surface area contributed by atoms with Gasteiger partial charge in [-0.25, -0.2) is 0 Å². The Morgan fingerprint density at radius 1 is 1.40 bits per heavy atom. The molecular formula is C16H20O4. The number of ketones is 1. The van der Waals surface area contributed by atoms with E-state index in [1.165, 1.54) is 12.3 Å². The molecule has 0 amide bonds. The Bertz CT molecular complexity index is 533. The van der Waals surface area contributed by atoms with Crippen molar-refractivity contribution in [2.24, 2.45) is 17.3 Å². The van der Waals surface area contributed by atoms with Gasteiger partial charge in [-0.3, -0.25) is 4.79 Å². The van der Waals surface area contributed by atoms with E-state index in [1.807, 2.05) is 32.1 Å². The van der Waals surface area contributed by atoms with Gasteiger partial charge in [0.2, 0.25) is 0 Å². The number of rotatable bonds is 1. The summed E-state index contributed by atoms with van der Waals surface area (Å²) in [5.74, 6) is -0.366. The third-order valence-electron chi connectivity index (χ3n) is 5.24. The summed E-state index contributed by atoms with van der Waals surface area (Å²) in [6, 6.07) is 0. The van der Waals surface area contributed by atoms with Gasteiger partial charge in [0.25, 0.3) is 0 Å². The van der Waals surface area contributed by atoms with E-state index in [0.717, 1.165) is 5.57 Å². The highest BCUT2D eigenvalue weighted by atomic mass is 16.5. The number of hydrogen-bond acceptors (Lipinski definition) is 4. The number of hydrogen-bond donors (Lipinski definition) is 2. The first kappa shape index (κ1) is 13.6. The van der Waals surface area contributed by atoms with Crippen LogP contribution in [0, 0.1) is 17.3 Å². The van der Waals surface area contributed by atoms with Gasteiger partial charge in [-0.1, -0.05) is 12.2 Å². The van der Waals surface area contributed by atoms with Gasteiger partial charge in [0.1, 0.15) is 5.60 Å². The topological polar surface area (TPSA) is 66.8 Å². The van der Waals surface area contributed by atoms with Crippen LogP contribution in [0.2, 0.25) is 0 Å². The smallest absolute Gasteiger partial charge is 0.169 e. The molecule has 0 saturated heterocycles. The summed E-state index contributed by atoms with van der Waals surface area (Å²) < 4.78 is 5.72. The monoisotopic (exact) mass is 276 g/mol. The molecule has 3 rings (SSSR count). The van der Waals surface area contributed by atoms with Crippen molar-refractivity contribution in [3.05, 3.63) is 36.1 Å². The van der Waals surface area contributed by atoms with Gasteiger partial charge in [-0.15, -0.1) is 0 Å². The maximum Gasteiger partial charge on any atom is 0.169 e. The van der Waals surface area contributed by atoms with Crippen LogP contribution in [0.4, 0.5) is 0 Å². The van der Waals surface area contributed by atoms with Crippen molar-refractivity contribution in [3.8, 4) is 0 Å². The summed E-state index contributed by atoms with van der Waals surface area (Å²) in [5.41, 5.74) is -0.634. The number of carbonyl (C=O) groups excluding carboxylic acids is 1. The third kappa shape index (κ3) is 1.58. The largest absolute Gasteiger partial charge is 0.490 e. The maximum absolute atomic E-state index is 12.5. The Morgan fingerprint density at radius 2 is 2.15 bits per heavy atom. The average Bonchev–Trinajstić information content (AvgIpc) is 2.41. The normalized spacial score (nSPS) is 46.3. The maximum atomic E-state index is 12.5. The lowest BCUT2D eigenvalue weighted by atomic mass is 9.54. The molecule has 4 heteroatoms. The Hall–Kier alpha value is -1.39. The van der Waals surface area contributed by atoms with Crippen LogP contribution < -0.4 is 0 Å². The first-order valence-electron chi connectivity index (χ1n) is 7.01. The second-order valence-electron chi connectivity index (χ2n) is 6.32. The van der Waals surface area contributed by atoms with Gasteiger partial charge in [0, 0.05) is 24.5 Å². The van der Waals surface area contributed by atoms with Crippen molar-refractivity contribution in [1.29, 1.82) is 0 Å². The predicted molar refractivity (Wildman–Crippen MR) is 73.7 cm³/mol. The molecule has 0 spiro atoms. The summed E-state index contributed by atoms with van der Waals surface area (Å²) in [5, 5.41) is 19.8. The predicted octanol–water partition coefficient (Wildman–Crippen LogP) is 1.35. The fourth-order valence-electron chi connectivity index (χ4n) is 3.82. The van der Waals surface area contributed by atoms with Crippen molar-refractivity contribution in [2.75, 3.05) is 6.61 Å². The van der Waals surface area contributed by atoms with E-state index in [0.29, 0.717) is 6.42 Å². The first-order valence-corrected chi connectivity index (χ1v) is 7.01.